The lowest BCUT2D eigenvalue weighted by atomic mass is 10.0. The maximum atomic E-state index is 13.3. The van der Waals surface area contributed by atoms with Gasteiger partial charge in [-0.2, -0.15) is 0 Å². The van der Waals surface area contributed by atoms with Crippen molar-refractivity contribution in [2.45, 2.75) is 56.7 Å². The molecule has 2 rings (SSSR count). The summed E-state index contributed by atoms with van der Waals surface area (Å²) in [4.78, 5) is 63.5. The molecule has 0 spiro atoms. The van der Waals surface area contributed by atoms with Gasteiger partial charge in [-0.1, -0.05) is 24.6 Å². The molecule has 0 bridgehead atoms. The summed E-state index contributed by atoms with van der Waals surface area (Å²) in [5, 5.41) is 25.9. The lowest BCUT2D eigenvalue weighted by molar-refractivity contribution is -0.140. The van der Waals surface area contributed by atoms with Gasteiger partial charge in [0.25, 0.3) is 0 Å². The summed E-state index contributed by atoms with van der Waals surface area (Å²) >= 11 is 0. The molecule has 2 aromatic rings. The SMILES string of the molecule is NCCCCC(N)C(=O)NC(Cc1c[nH]c2ccccc12)C(=O)NC(CCC(=O)O)C(=O)NCC(=O)O. The van der Waals surface area contributed by atoms with Crippen LogP contribution >= 0.6 is 0 Å². The number of carbonyl (C=O) groups excluding carboxylic acids is 3. The highest BCUT2D eigenvalue weighted by Gasteiger charge is 2.29. The number of nitrogens with one attached hydrogen (secondary N) is 4. The van der Waals surface area contributed by atoms with Gasteiger partial charge in [0, 0.05) is 29.9 Å². The molecular weight excluding hydrogens is 484 g/mol. The first kappa shape index (κ1) is 29.3. The molecule has 3 unspecified atom stereocenters. The molecule has 0 fully saturated rings. The minimum absolute atomic E-state index is 0.0551. The molecule has 0 aliphatic rings. The Morgan fingerprint density at radius 1 is 0.892 bits per heavy atom. The summed E-state index contributed by atoms with van der Waals surface area (Å²) in [6.45, 7) is -0.243. The molecule has 1 aromatic heterocycles. The number of unbranched alkanes of at least 4 members (excludes halogenated alkanes) is 1. The van der Waals surface area contributed by atoms with Gasteiger partial charge >= 0.3 is 11.9 Å². The van der Waals surface area contributed by atoms with E-state index in [1.54, 1.807) is 6.20 Å². The first-order valence-corrected chi connectivity index (χ1v) is 11.9. The van der Waals surface area contributed by atoms with Gasteiger partial charge in [-0.15, -0.1) is 0 Å². The monoisotopic (exact) mass is 518 g/mol. The normalized spacial score (nSPS) is 13.4. The van der Waals surface area contributed by atoms with Gasteiger partial charge in [-0.3, -0.25) is 24.0 Å². The molecule has 13 nitrogen and oxygen atoms in total. The highest BCUT2D eigenvalue weighted by atomic mass is 16.4. The summed E-state index contributed by atoms with van der Waals surface area (Å²) in [6, 6.07) is 4.02. The first-order valence-electron chi connectivity index (χ1n) is 11.9. The van der Waals surface area contributed by atoms with Crippen molar-refractivity contribution < 1.29 is 34.2 Å². The quantitative estimate of drug-likeness (QED) is 0.130. The van der Waals surface area contributed by atoms with Crippen molar-refractivity contribution in [1.29, 1.82) is 0 Å². The van der Waals surface area contributed by atoms with Crippen LogP contribution in [0.3, 0.4) is 0 Å². The topological polar surface area (TPSA) is 230 Å². The molecule has 0 radical (unpaired) electrons. The van der Waals surface area contributed by atoms with E-state index in [9.17, 15) is 24.0 Å². The van der Waals surface area contributed by atoms with E-state index >= 15 is 0 Å². The number of aliphatic carboxylic acids is 2. The third-order valence-electron chi connectivity index (χ3n) is 5.73. The van der Waals surface area contributed by atoms with E-state index in [1.165, 1.54) is 0 Å². The lowest BCUT2D eigenvalue weighted by Gasteiger charge is -2.24. The van der Waals surface area contributed by atoms with E-state index in [1.807, 2.05) is 24.3 Å². The molecule has 0 saturated carbocycles. The van der Waals surface area contributed by atoms with E-state index in [4.69, 9.17) is 21.7 Å². The Hall–Kier alpha value is -3.97. The molecule has 0 aliphatic heterocycles. The second kappa shape index (κ2) is 14.6. The number of hydrogen-bond donors (Lipinski definition) is 8. The van der Waals surface area contributed by atoms with Crippen LogP contribution in [0.15, 0.2) is 30.5 Å². The molecule has 13 heteroatoms. The predicted octanol–water partition coefficient (Wildman–Crippen LogP) is -0.798. The number of amides is 3. The number of carbonyl (C=O) groups is 5. The number of para-hydroxylation sites is 1. The molecule has 3 amide bonds. The van der Waals surface area contributed by atoms with Crippen LogP contribution in [0.4, 0.5) is 0 Å². The molecule has 3 atom stereocenters. The number of fused-ring (bicyclic) bond motifs is 1. The largest absolute Gasteiger partial charge is 0.481 e. The van der Waals surface area contributed by atoms with Crippen molar-refractivity contribution in [3.05, 3.63) is 36.0 Å². The molecular formula is C24H34N6O7. The van der Waals surface area contributed by atoms with Crippen LogP contribution in [0, 0.1) is 0 Å². The molecule has 10 N–H and O–H groups in total. The minimum atomic E-state index is -1.33. The number of rotatable bonds is 16. The van der Waals surface area contributed by atoms with Crippen LogP contribution in [0.1, 0.15) is 37.7 Å². The zero-order valence-electron chi connectivity index (χ0n) is 20.4. The van der Waals surface area contributed by atoms with Crippen molar-refractivity contribution in [2.75, 3.05) is 13.1 Å². The van der Waals surface area contributed by atoms with Gasteiger partial charge in [0.05, 0.1) is 6.04 Å². The van der Waals surface area contributed by atoms with E-state index < -0.39 is 60.8 Å². The van der Waals surface area contributed by atoms with Crippen LogP contribution in [-0.4, -0.2) is 76.1 Å². The average molecular weight is 519 g/mol. The van der Waals surface area contributed by atoms with Crippen molar-refractivity contribution >= 4 is 40.6 Å². The van der Waals surface area contributed by atoms with Gasteiger partial charge in [-0.25, -0.2) is 0 Å². The van der Waals surface area contributed by atoms with Crippen LogP contribution in [0.5, 0.6) is 0 Å². The van der Waals surface area contributed by atoms with Crippen LogP contribution in [0.2, 0.25) is 0 Å². The molecule has 37 heavy (non-hydrogen) atoms. The zero-order chi connectivity index (χ0) is 27.4. The fourth-order valence-corrected chi connectivity index (χ4v) is 3.74. The van der Waals surface area contributed by atoms with Crippen LogP contribution < -0.4 is 27.4 Å². The molecule has 1 aromatic carbocycles. The lowest BCUT2D eigenvalue weighted by Crippen LogP contribution is -2.56. The fourth-order valence-electron chi connectivity index (χ4n) is 3.74. The fraction of sp³-hybridized carbons (Fsp3) is 0.458. The summed E-state index contributed by atoms with van der Waals surface area (Å²) < 4.78 is 0. The van der Waals surface area contributed by atoms with E-state index in [-0.39, 0.29) is 12.8 Å². The van der Waals surface area contributed by atoms with E-state index in [2.05, 4.69) is 20.9 Å². The number of benzene rings is 1. The Morgan fingerprint density at radius 2 is 1.59 bits per heavy atom. The second-order valence-electron chi connectivity index (χ2n) is 8.62. The third-order valence-corrected chi connectivity index (χ3v) is 5.73. The maximum absolute atomic E-state index is 13.3. The number of carboxylic acids is 2. The number of aromatic nitrogens is 1. The summed E-state index contributed by atoms with van der Waals surface area (Å²) in [5.41, 5.74) is 13.0. The van der Waals surface area contributed by atoms with Gasteiger partial charge in [-0.05, 0) is 37.4 Å². The molecule has 0 aliphatic carbocycles. The average Bonchev–Trinajstić information content (AvgIpc) is 3.27. The Bertz CT molecular complexity index is 1100. The standard InChI is InChI=1S/C24H34N6O7/c25-10-4-3-6-16(26)22(35)30-19(11-14-12-27-17-7-2-1-5-15(14)17)24(37)29-18(8-9-20(31)32)23(36)28-13-21(33)34/h1-2,5,7,12,16,18-19,27H,3-4,6,8-11,13,25-26H2,(H,28,36)(H,29,37)(H,30,35)(H,31,32)(H,33,34). The third kappa shape index (κ3) is 9.54. The number of carboxylic acid groups (broad SMARTS) is 2. The molecule has 0 saturated heterocycles. The number of aromatic amines is 1. The number of nitrogens with two attached hydrogens (primary N) is 2. The van der Waals surface area contributed by atoms with Crippen molar-refractivity contribution in [1.82, 2.24) is 20.9 Å². The Labute approximate surface area is 213 Å². The highest BCUT2D eigenvalue weighted by Crippen LogP contribution is 2.19. The maximum Gasteiger partial charge on any atom is 0.322 e. The molecule has 202 valence electrons. The predicted molar refractivity (Wildman–Crippen MR) is 134 cm³/mol. The summed E-state index contributed by atoms with van der Waals surface area (Å²) in [7, 11) is 0. The van der Waals surface area contributed by atoms with E-state index in [0.717, 1.165) is 16.5 Å². The number of H-pyrrole nitrogens is 1. The number of hydrogen-bond acceptors (Lipinski definition) is 7. The highest BCUT2D eigenvalue weighted by molar-refractivity contribution is 5.94. The minimum Gasteiger partial charge on any atom is -0.481 e. The van der Waals surface area contributed by atoms with Crippen molar-refractivity contribution in [3.63, 3.8) is 0 Å². The van der Waals surface area contributed by atoms with Gasteiger partial charge in [0.15, 0.2) is 0 Å². The second-order valence-corrected chi connectivity index (χ2v) is 8.62. The van der Waals surface area contributed by atoms with Crippen molar-refractivity contribution in [2.24, 2.45) is 11.5 Å². The van der Waals surface area contributed by atoms with Gasteiger partial charge < -0.3 is 42.6 Å². The Kier molecular flexibility index (Phi) is 11.5. The Balaban J connectivity index is 2.24. The summed E-state index contributed by atoms with van der Waals surface area (Å²) in [6.07, 6.45) is 2.72. The molecule has 1 heterocycles. The van der Waals surface area contributed by atoms with Gasteiger partial charge in [0.2, 0.25) is 17.7 Å². The van der Waals surface area contributed by atoms with Crippen molar-refractivity contribution in [3.8, 4) is 0 Å². The van der Waals surface area contributed by atoms with Crippen LogP contribution in [-0.2, 0) is 30.4 Å². The van der Waals surface area contributed by atoms with Gasteiger partial charge in [0.1, 0.15) is 18.6 Å². The van der Waals surface area contributed by atoms with Crippen LogP contribution in [0.25, 0.3) is 10.9 Å². The van der Waals surface area contributed by atoms with E-state index in [0.29, 0.717) is 25.8 Å². The smallest absolute Gasteiger partial charge is 0.322 e. The zero-order valence-corrected chi connectivity index (χ0v) is 20.4. The first-order chi connectivity index (χ1) is 17.6. The Morgan fingerprint density at radius 3 is 2.27 bits per heavy atom. The summed E-state index contributed by atoms with van der Waals surface area (Å²) in [5.74, 6) is -4.65.